The van der Waals surface area contributed by atoms with Gasteiger partial charge in [0.05, 0.1) is 12.4 Å². The Balaban J connectivity index is 1.75. The van der Waals surface area contributed by atoms with Crippen molar-refractivity contribution in [2.75, 3.05) is 11.4 Å². The molecular formula is C15H21N3O2. The number of aromatic carboxylic acids is 1. The third kappa shape index (κ3) is 2.62. The molecule has 1 saturated heterocycles. The Hall–Kier alpha value is -1.65. The van der Waals surface area contributed by atoms with Crippen molar-refractivity contribution in [3.05, 3.63) is 18.1 Å². The second-order valence-electron chi connectivity index (χ2n) is 5.87. The molecule has 2 aliphatic rings. The number of carboxylic acid groups (broad SMARTS) is 1. The number of rotatable bonds is 3. The van der Waals surface area contributed by atoms with E-state index in [0.717, 1.165) is 18.3 Å². The molecule has 0 radical (unpaired) electrons. The smallest absolute Gasteiger partial charge is 0.356 e. The van der Waals surface area contributed by atoms with Gasteiger partial charge in [0, 0.05) is 12.6 Å². The predicted octanol–water partition coefficient (Wildman–Crippen LogP) is 2.72. The zero-order valence-electron chi connectivity index (χ0n) is 11.7. The molecule has 20 heavy (non-hydrogen) atoms. The van der Waals surface area contributed by atoms with Gasteiger partial charge in [0.1, 0.15) is 5.82 Å². The first kappa shape index (κ1) is 13.3. The van der Waals surface area contributed by atoms with Gasteiger partial charge in [-0.1, -0.05) is 19.3 Å². The minimum Gasteiger partial charge on any atom is -0.476 e. The van der Waals surface area contributed by atoms with E-state index in [1.165, 1.54) is 51.1 Å². The highest BCUT2D eigenvalue weighted by Crippen LogP contribution is 2.35. The maximum Gasteiger partial charge on any atom is 0.356 e. The number of hydrogen-bond donors (Lipinski definition) is 1. The summed E-state index contributed by atoms with van der Waals surface area (Å²) in [7, 11) is 0. The Morgan fingerprint density at radius 3 is 2.55 bits per heavy atom. The highest BCUT2D eigenvalue weighted by atomic mass is 16.4. The van der Waals surface area contributed by atoms with Gasteiger partial charge in [-0.3, -0.25) is 0 Å². The summed E-state index contributed by atoms with van der Waals surface area (Å²) in [5, 5.41) is 8.88. The summed E-state index contributed by atoms with van der Waals surface area (Å²) in [4.78, 5) is 21.5. The third-order valence-corrected chi connectivity index (χ3v) is 4.64. The summed E-state index contributed by atoms with van der Waals surface area (Å²) >= 11 is 0. The van der Waals surface area contributed by atoms with Crippen molar-refractivity contribution in [3.63, 3.8) is 0 Å². The van der Waals surface area contributed by atoms with Crippen molar-refractivity contribution < 1.29 is 9.90 Å². The van der Waals surface area contributed by atoms with Gasteiger partial charge < -0.3 is 10.0 Å². The van der Waals surface area contributed by atoms with Crippen molar-refractivity contribution in [1.82, 2.24) is 9.97 Å². The van der Waals surface area contributed by atoms with Crippen LogP contribution in [0.25, 0.3) is 0 Å². The van der Waals surface area contributed by atoms with Crippen LogP contribution in [0.3, 0.4) is 0 Å². The van der Waals surface area contributed by atoms with Crippen LogP contribution in [0.4, 0.5) is 5.82 Å². The summed E-state index contributed by atoms with van der Waals surface area (Å²) in [5.74, 6) is 0.588. The van der Waals surface area contributed by atoms with Crippen molar-refractivity contribution in [1.29, 1.82) is 0 Å². The molecule has 1 atom stereocenters. The van der Waals surface area contributed by atoms with Gasteiger partial charge in [-0.05, 0) is 31.6 Å². The van der Waals surface area contributed by atoms with Crippen LogP contribution < -0.4 is 4.90 Å². The van der Waals surface area contributed by atoms with Gasteiger partial charge in [-0.15, -0.1) is 0 Å². The van der Waals surface area contributed by atoms with E-state index in [2.05, 4.69) is 14.9 Å². The number of hydrogen-bond acceptors (Lipinski definition) is 4. The minimum absolute atomic E-state index is 0.0159. The number of carboxylic acids is 1. The van der Waals surface area contributed by atoms with Crippen LogP contribution in [-0.2, 0) is 0 Å². The summed E-state index contributed by atoms with van der Waals surface area (Å²) in [6.07, 6.45) is 12.1. The van der Waals surface area contributed by atoms with Gasteiger partial charge in [-0.2, -0.15) is 0 Å². The number of carbonyl (C=O) groups is 1. The van der Waals surface area contributed by atoms with Crippen molar-refractivity contribution in [2.24, 2.45) is 5.92 Å². The summed E-state index contributed by atoms with van der Waals surface area (Å²) in [6.45, 7) is 1.02. The molecule has 5 nitrogen and oxygen atoms in total. The van der Waals surface area contributed by atoms with Crippen LogP contribution in [0.1, 0.15) is 55.4 Å². The predicted molar refractivity (Wildman–Crippen MR) is 75.9 cm³/mol. The molecule has 1 saturated carbocycles. The van der Waals surface area contributed by atoms with Crippen molar-refractivity contribution >= 4 is 11.8 Å². The Kier molecular flexibility index (Phi) is 3.85. The first-order valence-electron chi connectivity index (χ1n) is 7.57. The molecule has 0 aromatic carbocycles. The Morgan fingerprint density at radius 2 is 1.90 bits per heavy atom. The number of nitrogens with zero attached hydrogens (tertiary/aromatic N) is 3. The standard InChI is InChI=1S/C15H21N3O2/c19-15(20)12-9-17-14(10-16-12)18-8-4-7-13(18)11-5-2-1-3-6-11/h9-11,13H,1-8H2,(H,19,20). The topological polar surface area (TPSA) is 66.3 Å². The average molecular weight is 275 g/mol. The fraction of sp³-hybridized carbons (Fsp3) is 0.667. The molecule has 2 heterocycles. The van der Waals surface area contributed by atoms with Crippen LogP contribution in [0.15, 0.2) is 12.4 Å². The molecule has 5 heteroatoms. The number of aromatic nitrogens is 2. The first-order chi connectivity index (χ1) is 9.75. The van der Waals surface area contributed by atoms with E-state index in [4.69, 9.17) is 5.11 Å². The van der Waals surface area contributed by atoms with Crippen LogP contribution in [-0.4, -0.2) is 33.6 Å². The molecule has 2 fully saturated rings. The quantitative estimate of drug-likeness (QED) is 0.918. The lowest BCUT2D eigenvalue weighted by Crippen LogP contribution is -2.37. The SMILES string of the molecule is O=C(O)c1cnc(N2CCCC2C2CCCCC2)cn1. The monoisotopic (exact) mass is 275 g/mol. The maximum atomic E-state index is 10.8. The van der Waals surface area contributed by atoms with Crippen LogP contribution in [0.5, 0.6) is 0 Å². The fourth-order valence-corrected chi connectivity index (χ4v) is 3.67. The van der Waals surface area contributed by atoms with Crippen LogP contribution >= 0.6 is 0 Å². The molecule has 108 valence electrons. The highest BCUT2D eigenvalue weighted by Gasteiger charge is 2.33. The van der Waals surface area contributed by atoms with E-state index in [9.17, 15) is 4.79 Å². The normalized spacial score (nSPS) is 24.0. The van der Waals surface area contributed by atoms with E-state index in [-0.39, 0.29) is 5.69 Å². The summed E-state index contributed by atoms with van der Waals surface area (Å²) < 4.78 is 0. The summed E-state index contributed by atoms with van der Waals surface area (Å²) in [5.41, 5.74) is 0.0159. The Morgan fingerprint density at radius 1 is 1.10 bits per heavy atom. The van der Waals surface area contributed by atoms with Crippen molar-refractivity contribution in [3.8, 4) is 0 Å². The lowest BCUT2D eigenvalue weighted by Gasteiger charge is -2.34. The molecule has 1 N–H and O–H groups in total. The Labute approximate surface area is 119 Å². The van der Waals surface area contributed by atoms with E-state index >= 15 is 0 Å². The zero-order valence-corrected chi connectivity index (χ0v) is 11.7. The molecule has 1 aliphatic heterocycles. The molecule has 1 aromatic rings. The maximum absolute atomic E-state index is 10.8. The largest absolute Gasteiger partial charge is 0.476 e. The molecule has 3 rings (SSSR count). The molecule has 0 spiro atoms. The summed E-state index contributed by atoms with van der Waals surface area (Å²) in [6, 6.07) is 0.570. The Bertz CT molecular complexity index is 469. The van der Waals surface area contributed by atoms with Crippen LogP contribution in [0.2, 0.25) is 0 Å². The van der Waals surface area contributed by atoms with E-state index < -0.39 is 5.97 Å². The minimum atomic E-state index is -1.02. The second-order valence-corrected chi connectivity index (χ2v) is 5.87. The van der Waals surface area contributed by atoms with E-state index in [0.29, 0.717) is 6.04 Å². The zero-order chi connectivity index (χ0) is 13.9. The van der Waals surface area contributed by atoms with E-state index in [1.54, 1.807) is 6.20 Å². The van der Waals surface area contributed by atoms with Crippen LogP contribution in [0, 0.1) is 5.92 Å². The van der Waals surface area contributed by atoms with Gasteiger partial charge in [0.25, 0.3) is 0 Å². The average Bonchev–Trinajstić information content (AvgIpc) is 2.97. The van der Waals surface area contributed by atoms with Gasteiger partial charge in [-0.25, -0.2) is 14.8 Å². The lowest BCUT2D eigenvalue weighted by atomic mass is 9.83. The molecule has 1 unspecified atom stereocenters. The van der Waals surface area contributed by atoms with E-state index in [1.807, 2.05) is 0 Å². The van der Waals surface area contributed by atoms with Gasteiger partial charge in [0.2, 0.25) is 0 Å². The second kappa shape index (κ2) is 5.77. The number of anilines is 1. The lowest BCUT2D eigenvalue weighted by molar-refractivity contribution is 0.0690. The molecule has 0 bridgehead atoms. The van der Waals surface area contributed by atoms with Crippen molar-refractivity contribution in [2.45, 2.75) is 51.0 Å². The highest BCUT2D eigenvalue weighted by molar-refractivity contribution is 5.84. The molecular weight excluding hydrogens is 254 g/mol. The fourth-order valence-electron chi connectivity index (χ4n) is 3.67. The molecule has 1 aromatic heterocycles. The third-order valence-electron chi connectivity index (χ3n) is 4.64. The molecule has 0 amide bonds. The van der Waals surface area contributed by atoms with Gasteiger partial charge in [0.15, 0.2) is 5.69 Å². The van der Waals surface area contributed by atoms with Gasteiger partial charge >= 0.3 is 5.97 Å². The molecule has 1 aliphatic carbocycles. The first-order valence-corrected chi connectivity index (χ1v) is 7.57.